The van der Waals surface area contributed by atoms with Crippen LogP contribution in [0, 0.1) is 0 Å². The van der Waals surface area contributed by atoms with E-state index >= 15 is 0 Å². The second kappa shape index (κ2) is 3.70. The first-order valence-corrected chi connectivity index (χ1v) is 25.2. The zero-order valence-electron chi connectivity index (χ0n) is 25.9. The molecule has 13 rings (SSSR count). The molecule has 0 radical (unpaired) electrons. The van der Waals surface area contributed by atoms with Gasteiger partial charge >= 0.3 is 242 Å². The molecule has 12 fully saturated rings. The summed E-state index contributed by atoms with van der Waals surface area (Å²) >= 11 is 0. The van der Waals surface area contributed by atoms with Crippen molar-refractivity contribution in [3.63, 3.8) is 0 Å². The van der Waals surface area contributed by atoms with Crippen LogP contribution in [0.5, 0.6) is 0 Å². The molecule has 12 aliphatic heterocycles. The molecule has 8 unspecified atom stereocenters. The van der Waals surface area contributed by atoms with Gasteiger partial charge in [0.25, 0.3) is 0 Å². The number of fused-ring (bicyclic) bond motifs is 10. The Kier molecular flexibility index (Phi) is 2.14. The summed E-state index contributed by atoms with van der Waals surface area (Å²) in [5.74, 6) is 0. The van der Waals surface area contributed by atoms with E-state index in [0.717, 1.165) is 48.4 Å². The van der Waals surface area contributed by atoms with Crippen molar-refractivity contribution in [1.82, 2.24) is 21.3 Å². The van der Waals surface area contributed by atoms with Crippen LogP contribution in [0.3, 0.4) is 0 Å². The molecule has 0 saturated carbocycles. The van der Waals surface area contributed by atoms with Gasteiger partial charge in [0.15, 0.2) is 0 Å². The van der Waals surface area contributed by atoms with E-state index in [2.05, 4.69) is 102 Å². The van der Waals surface area contributed by atoms with Gasteiger partial charge in [-0.25, -0.2) is 0 Å². The third kappa shape index (κ3) is 0.628. The van der Waals surface area contributed by atoms with E-state index in [-0.39, 0.29) is 13.1 Å². The molecular weight excluding hydrogens is 582 g/mol. The van der Waals surface area contributed by atoms with E-state index in [1.54, 1.807) is 6.16 Å². The Bertz CT molecular complexity index is 1820. The number of rotatable bonds is 6. The molecule has 0 aromatic heterocycles. The summed E-state index contributed by atoms with van der Waals surface area (Å²) in [5, 5.41) is 17.4. The Morgan fingerprint density at radius 3 is 1.71 bits per heavy atom. The molecule has 4 nitrogen and oxygen atoms in total. The molecule has 12 heterocycles. The minimum atomic E-state index is -4.18. The first-order chi connectivity index (χ1) is 19.2. The molecule has 0 aliphatic carbocycles. The zero-order valence-corrected chi connectivity index (χ0v) is 29.1. The minimum absolute atomic E-state index is 0.100. The van der Waals surface area contributed by atoms with E-state index in [1.807, 2.05) is 5.56 Å². The van der Waals surface area contributed by atoms with Crippen LogP contribution >= 0.6 is 17.2 Å². The van der Waals surface area contributed by atoms with Crippen molar-refractivity contribution in [2.24, 2.45) is 0 Å². The van der Waals surface area contributed by atoms with E-state index in [1.165, 1.54) is 28.9 Å². The van der Waals surface area contributed by atoms with Crippen LogP contribution in [0.25, 0.3) is 0 Å². The third-order valence-corrected chi connectivity index (χ3v) is 72.2. The van der Waals surface area contributed by atoms with Crippen molar-refractivity contribution in [3.05, 3.63) is 35.9 Å². The van der Waals surface area contributed by atoms with Gasteiger partial charge in [-0.15, -0.1) is 0 Å². The monoisotopic (exact) mass is 634 g/mol. The summed E-state index contributed by atoms with van der Waals surface area (Å²) < 4.78 is 2.12. The van der Waals surface area contributed by atoms with Gasteiger partial charge in [0.05, 0.1) is 0 Å². The summed E-state index contributed by atoms with van der Waals surface area (Å²) in [6.07, 6.45) is 1.63. The number of hydrogen-bond acceptors (Lipinski definition) is 4. The second-order valence-electron chi connectivity index (χ2n) is 20.7. The van der Waals surface area contributed by atoms with Crippen LogP contribution in [-0.4, -0.2) is 73.0 Å². The molecule has 0 amide bonds. The van der Waals surface area contributed by atoms with Gasteiger partial charge < -0.3 is 0 Å². The van der Waals surface area contributed by atoms with Gasteiger partial charge in [-0.3, -0.25) is 0 Å². The summed E-state index contributed by atoms with van der Waals surface area (Å²) in [6, 6.07) is 13.6. The first kappa shape index (κ1) is 23.7. The summed E-state index contributed by atoms with van der Waals surface area (Å²) in [7, 11) is 3.76. The number of hydrogen-bond donors (Lipinski definition) is 4. The Labute approximate surface area is 241 Å². The van der Waals surface area contributed by atoms with Gasteiger partial charge in [-0.05, 0) is 0 Å². The molecule has 7 heteroatoms. The standard InChI is InChI=1S/C29H47N4P2.C5H5.Fe/c1-27(2,3)35(28(4,5)6)20-23-16-22(21-10-8-7-9-11-21)17-24(23)29(34,25-18-30-12-14-32-25)26-19-31-13-15-33-26;1-2-4-5-3-1;/h7-11,16-17,25-26,30-33H,12-15,18-20,34H2,1-6H3;1-5H;. The van der Waals surface area contributed by atoms with E-state index in [4.69, 9.17) is 0 Å². The first-order valence-electron chi connectivity index (χ1n) is 16.9. The SMILES string of the molecule is CC(C)(C)P(C[C]12[CH]3[C]4(c5ccccc5)[CH]5[C]1(C(P)(C1CNCCN1)C1CNCCN1)[Fe]35421678[CH]2[CH]1[CH]6[CH]7[CH]28)C(C)(C)C. The number of benzene rings is 1. The summed E-state index contributed by atoms with van der Waals surface area (Å²) in [5.41, 5.74) is 1.87. The van der Waals surface area contributed by atoms with Gasteiger partial charge in [-0.2, -0.15) is 0 Å². The normalized spacial score (nSPS) is 70.7. The summed E-state index contributed by atoms with van der Waals surface area (Å²) in [4.78, 5) is 8.55. The van der Waals surface area contributed by atoms with E-state index in [0.29, 0.717) is 31.0 Å². The van der Waals surface area contributed by atoms with Gasteiger partial charge in [-0.1, -0.05) is 0 Å². The van der Waals surface area contributed by atoms with Crippen LogP contribution in [0.1, 0.15) is 47.1 Å². The van der Waals surface area contributed by atoms with E-state index < -0.39 is 6.51 Å². The Hall–Kier alpha value is 0.439. The summed E-state index contributed by atoms with van der Waals surface area (Å²) in [6.45, 7) is 18.4. The van der Waals surface area contributed by atoms with Crippen molar-refractivity contribution in [1.29, 1.82) is 0 Å². The average Bonchev–Trinajstić information content (AvgIpc) is 3.90. The van der Waals surface area contributed by atoms with Crippen LogP contribution < -0.4 is 21.3 Å². The molecular formula is C34H52FeN4P2. The number of nitrogens with one attached hydrogen (secondary N) is 4. The van der Waals surface area contributed by atoms with Crippen molar-refractivity contribution >= 4 is 17.2 Å². The zero-order chi connectivity index (χ0) is 28.0. The Morgan fingerprint density at radius 2 is 1.29 bits per heavy atom. The van der Waals surface area contributed by atoms with Gasteiger partial charge in [0, 0.05) is 0 Å². The maximum absolute atomic E-state index is 4.25. The number of piperazine rings is 2. The van der Waals surface area contributed by atoms with E-state index in [9.17, 15) is 0 Å². The fourth-order valence-electron chi connectivity index (χ4n) is 25.0. The van der Waals surface area contributed by atoms with Crippen LogP contribution in [-0.2, 0) is 10.8 Å². The van der Waals surface area contributed by atoms with Gasteiger partial charge in [0.2, 0.25) is 0 Å². The quantitative estimate of drug-likeness (QED) is 0.228. The topological polar surface area (TPSA) is 48.1 Å². The van der Waals surface area contributed by atoms with Crippen LogP contribution in [0.4, 0.5) is 0 Å². The van der Waals surface area contributed by atoms with Crippen molar-refractivity contribution in [3.8, 4) is 0 Å². The predicted molar refractivity (Wildman–Crippen MR) is 173 cm³/mol. The fraction of sp³-hybridized carbons (Fsp3) is 0.824. The molecule has 226 valence electrons. The van der Waals surface area contributed by atoms with Crippen molar-refractivity contribution in [2.75, 3.05) is 45.4 Å². The molecule has 41 heavy (non-hydrogen) atoms. The molecule has 1 spiro atoms. The molecule has 0 bridgehead atoms. The molecule has 8 atom stereocenters. The average molecular weight is 635 g/mol. The molecule has 12 saturated heterocycles. The maximum atomic E-state index is 4.25. The predicted octanol–water partition coefficient (Wildman–Crippen LogP) is 6.04. The molecule has 4 N–H and O–H groups in total. The molecule has 1 aromatic rings. The Morgan fingerprint density at radius 1 is 0.780 bits per heavy atom. The van der Waals surface area contributed by atoms with Crippen molar-refractivity contribution < 1.29 is 6.51 Å². The van der Waals surface area contributed by atoms with Gasteiger partial charge in [0.1, 0.15) is 0 Å². The van der Waals surface area contributed by atoms with Crippen LogP contribution in [0.2, 0.25) is 42.3 Å². The fourth-order valence-corrected chi connectivity index (χ4v) is 115. The third-order valence-electron chi connectivity index (χ3n) is 22.4. The molecule has 1 aromatic carbocycles. The van der Waals surface area contributed by atoms with Crippen LogP contribution in [0.15, 0.2) is 30.3 Å². The Balaban J connectivity index is 1.14. The molecule has 12 aliphatic rings. The van der Waals surface area contributed by atoms with Crippen molar-refractivity contribution in [2.45, 2.75) is 116 Å². The second-order valence-corrected chi connectivity index (χ2v) is 48.4.